The molecule has 22 heavy (non-hydrogen) atoms. The quantitative estimate of drug-likeness (QED) is 0.924. The molecule has 1 aliphatic heterocycles. The lowest BCUT2D eigenvalue weighted by atomic mass is 10.0. The van der Waals surface area contributed by atoms with E-state index in [9.17, 15) is 9.18 Å². The second-order valence-corrected chi connectivity index (χ2v) is 5.49. The molecule has 0 bridgehead atoms. The minimum Gasteiger partial charge on any atom is -0.330 e. The van der Waals surface area contributed by atoms with E-state index < -0.39 is 0 Å². The van der Waals surface area contributed by atoms with Crippen molar-refractivity contribution in [2.75, 3.05) is 19.6 Å². The van der Waals surface area contributed by atoms with E-state index in [2.05, 4.69) is 5.32 Å². The smallest absolute Gasteiger partial charge is 0.254 e. The normalized spacial score (nSPS) is 18.8. The van der Waals surface area contributed by atoms with Crippen LogP contribution in [0.25, 0.3) is 0 Å². The van der Waals surface area contributed by atoms with E-state index in [1.807, 2.05) is 35.2 Å². The molecule has 0 spiro atoms. The SMILES string of the molecule is O=C(c1cccc(F)c1)N1CCCNCC1c1ccccc1. The van der Waals surface area contributed by atoms with E-state index in [0.717, 1.165) is 18.5 Å². The summed E-state index contributed by atoms with van der Waals surface area (Å²) in [6.07, 6.45) is 0.893. The molecule has 0 saturated carbocycles. The third-order valence-electron chi connectivity index (χ3n) is 3.98. The van der Waals surface area contributed by atoms with Gasteiger partial charge in [0.15, 0.2) is 0 Å². The van der Waals surface area contributed by atoms with Crippen LogP contribution in [0.2, 0.25) is 0 Å². The highest BCUT2D eigenvalue weighted by molar-refractivity contribution is 5.94. The number of hydrogen-bond acceptors (Lipinski definition) is 2. The summed E-state index contributed by atoms with van der Waals surface area (Å²) in [6.45, 7) is 2.27. The second kappa shape index (κ2) is 6.71. The maximum Gasteiger partial charge on any atom is 0.254 e. The Morgan fingerprint density at radius 3 is 2.73 bits per heavy atom. The van der Waals surface area contributed by atoms with Crippen LogP contribution in [0.5, 0.6) is 0 Å². The number of nitrogens with one attached hydrogen (secondary N) is 1. The zero-order valence-corrected chi connectivity index (χ0v) is 12.3. The van der Waals surface area contributed by atoms with Gasteiger partial charge in [0, 0.05) is 18.7 Å². The van der Waals surface area contributed by atoms with E-state index in [4.69, 9.17) is 0 Å². The molecule has 4 heteroatoms. The van der Waals surface area contributed by atoms with Crippen LogP contribution in [0.15, 0.2) is 54.6 Å². The molecular weight excluding hydrogens is 279 g/mol. The van der Waals surface area contributed by atoms with Gasteiger partial charge < -0.3 is 10.2 Å². The van der Waals surface area contributed by atoms with E-state index in [1.54, 1.807) is 12.1 Å². The monoisotopic (exact) mass is 298 g/mol. The van der Waals surface area contributed by atoms with Crippen LogP contribution in [-0.4, -0.2) is 30.4 Å². The fourth-order valence-corrected chi connectivity index (χ4v) is 2.88. The molecule has 1 unspecified atom stereocenters. The van der Waals surface area contributed by atoms with Gasteiger partial charge in [-0.25, -0.2) is 4.39 Å². The maximum atomic E-state index is 13.4. The molecule has 2 aromatic carbocycles. The van der Waals surface area contributed by atoms with Crippen LogP contribution in [-0.2, 0) is 0 Å². The van der Waals surface area contributed by atoms with Crippen LogP contribution in [0.4, 0.5) is 4.39 Å². The third kappa shape index (κ3) is 3.17. The molecule has 2 aromatic rings. The van der Waals surface area contributed by atoms with Crippen molar-refractivity contribution in [3.05, 3.63) is 71.5 Å². The van der Waals surface area contributed by atoms with Gasteiger partial charge in [-0.3, -0.25) is 4.79 Å². The first kappa shape index (κ1) is 14.7. The van der Waals surface area contributed by atoms with Gasteiger partial charge in [-0.15, -0.1) is 0 Å². The lowest BCUT2D eigenvalue weighted by Crippen LogP contribution is -2.37. The fourth-order valence-electron chi connectivity index (χ4n) is 2.88. The van der Waals surface area contributed by atoms with Crippen molar-refractivity contribution in [1.82, 2.24) is 10.2 Å². The summed E-state index contributed by atoms with van der Waals surface area (Å²) in [6, 6.07) is 15.9. The van der Waals surface area contributed by atoms with Gasteiger partial charge >= 0.3 is 0 Å². The molecule has 1 amide bonds. The van der Waals surface area contributed by atoms with Gasteiger partial charge in [-0.1, -0.05) is 36.4 Å². The van der Waals surface area contributed by atoms with Crippen molar-refractivity contribution in [2.45, 2.75) is 12.5 Å². The number of nitrogens with zero attached hydrogens (tertiary/aromatic N) is 1. The predicted octanol–water partition coefficient (Wildman–Crippen LogP) is 3.00. The highest BCUT2D eigenvalue weighted by Gasteiger charge is 2.27. The Morgan fingerprint density at radius 2 is 1.95 bits per heavy atom. The summed E-state index contributed by atoms with van der Waals surface area (Å²) in [5, 5.41) is 3.38. The van der Waals surface area contributed by atoms with E-state index in [1.165, 1.54) is 12.1 Å². The standard InChI is InChI=1S/C18H19FN2O/c19-16-9-4-8-15(12-16)18(22)21-11-5-10-20-13-17(21)14-6-2-1-3-7-14/h1-4,6-9,12,17,20H,5,10-11,13H2. The minimum absolute atomic E-state index is 0.0283. The van der Waals surface area contributed by atoms with Gasteiger partial charge in [-0.2, -0.15) is 0 Å². The van der Waals surface area contributed by atoms with Crippen molar-refractivity contribution in [3.8, 4) is 0 Å². The van der Waals surface area contributed by atoms with Gasteiger partial charge in [0.25, 0.3) is 5.91 Å². The number of hydrogen-bond donors (Lipinski definition) is 1. The molecule has 1 aliphatic rings. The van der Waals surface area contributed by atoms with Gasteiger partial charge in [0.2, 0.25) is 0 Å². The summed E-state index contributed by atoms with van der Waals surface area (Å²) in [5.41, 5.74) is 1.50. The Kier molecular flexibility index (Phi) is 4.49. The number of carbonyl (C=O) groups is 1. The number of rotatable bonds is 2. The highest BCUT2D eigenvalue weighted by atomic mass is 19.1. The zero-order chi connectivity index (χ0) is 15.4. The highest BCUT2D eigenvalue weighted by Crippen LogP contribution is 2.24. The van der Waals surface area contributed by atoms with E-state index >= 15 is 0 Å². The molecule has 114 valence electrons. The molecule has 0 radical (unpaired) electrons. The van der Waals surface area contributed by atoms with Crippen LogP contribution in [0, 0.1) is 5.82 Å². The Hall–Kier alpha value is -2.20. The average Bonchev–Trinajstić information content (AvgIpc) is 2.81. The van der Waals surface area contributed by atoms with Crippen molar-refractivity contribution in [3.63, 3.8) is 0 Å². The number of halogens is 1. The first-order valence-corrected chi connectivity index (χ1v) is 7.58. The first-order valence-electron chi connectivity index (χ1n) is 7.58. The molecule has 1 heterocycles. The molecular formula is C18H19FN2O. The molecule has 3 nitrogen and oxygen atoms in total. The van der Waals surface area contributed by atoms with Gasteiger partial charge in [0.05, 0.1) is 6.04 Å². The van der Waals surface area contributed by atoms with Crippen LogP contribution in [0.3, 0.4) is 0 Å². The lowest BCUT2D eigenvalue weighted by Gasteiger charge is -2.30. The Morgan fingerprint density at radius 1 is 1.14 bits per heavy atom. The van der Waals surface area contributed by atoms with Crippen molar-refractivity contribution in [2.24, 2.45) is 0 Å². The first-order chi connectivity index (χ1) is 10.8. The Bertz CT molecular complexity index is 645. The average molecular weight is 298 g/mol. The second-order valence-electron chi connectivity index (χ2n) is 5.49. The van der Waals surface area contributed by atoms with E-state index in [-0.39, 0.29) is 17.8 Å². The van der Waals surface area contributed by atoms with Crippen molar-refractivity contribution in [1.29, 1.82) is 0 Å². The topological polar surface area (TPSA) is 32.3 Å². The summed E-state index contributed by atoms with van der Waals surface area (Å²) in [7, 11) is 0. The summed E-state index contributed by atoms with van der Waals surface area (Å²) in [5.74, 6) is -0.493. The van der Waals surface area contributed by atoms with Gasteiger partial charge in [0.1, 0.15) is 5.82 Å². The third-order valence-corrected chi connectivity index (χ3v) is 3.98. The number of amides is 1. The lowest BCUT2D eigenvalue weighted by molar-refractivity contribution is 0.0690. The fraction of sp³-hybridized carbons (Fsp3) is 0.278. The Balaban J connectivity index is 1.92. The van der Waals surface area contributed by atoms with Gasteiger partial charge in [-0.05, 0) is 36.7 Å². The maximum absolute atomic E-state index is 13.4. The summed E-state index contributed by atoms with van der Waals surface area (Å²) < 4.78 is 13.4. The van der Waals surface area contributed by atoms with Crippen molar-refractivity contribution < 1.29 is 9.18 Å². The van der Waals surface area contributed by atoms with Crippen LogP contribution in [0.1, 0.15) is 28.4 Å². The summed E-state index contributed by atoms with van der Waals surface area (Å²) >= 11 is 0. The predicted molar refractivity (Wildman–Crippen MR) is 84.1 cm³/mol. The Labute approximate surface area is 129 Å². The zero-order valence-electron chi connectivity index (χ0n) is 12.3. The molecule has 1 N–H and O–H groups in total. The molecule has 0 aromatic heterocycles. The number of carbonyl (C=O) groups excluding carboxylic acids is 1. The minimum atomic E-state index is -0.380. The van der Waals surface area contributed by atoms with Crippen LogP contribution < -0.4 is 5.32 Å². The van der Waals surface area contributed by atoms with Crippen molar-refractivity contribution >= 4 is 5.91 Å². The molecule has 0 aliphatic carbocycles. The largest absolute Gasteiger partial charge is 0.330 e. The summed E-state index contributed by atoms with van der Waals surface area (Å²) in [4.78, 5) is 14.7. The molecule has 1 atom stereocenters. The molecule has 3 rings (SSSR count). The van der Waals surface area contributed by atoms with E-state index in [0.29, 0.717) is 18.7 Å². The molecule has 1 saturated heterocycles. The van der Waals surface area contributed by atoms with Crippen LogP contribution >= 0.6 is 0 Å². The number of benzene rings is 2. The molecule has 1 fully saturated rings.